The van der Waals surface area contributed by atoms with Crippen LogP contribution in [-0.4, -0.2) is 47.8 Å². The van der Waals surface area contributed by atoms with E-state index in [1.54, 1.807) is 0 Å². The van der Waals surface area contributed by atoms with Crippen LogP contribution in [0.1, 0.15) is 23.7 Å². The van der Waals surface area contributed by atoms with Gasteiger partial charge in [0, 0.05) is 11.1 Å². The summed E-state index contributed by atoms with van der Waals surface area (Å²) in [5, 5.41) is 20.4. The zero-order valence-electron chi connectivity index (χ0n) is 14.2. The molecule has 2 unspecified atom stereocenters. The van der Waals surface area contributed by atoms with Gasteiger partial charge in [0.2, 0.25) is 0 Å². The minimum atomic E-state index is -1.03. The summed E-state index contributed by atoms with van der Waals surface area (Å²) in [7, 11) is 0. The molecular formula is C20H22O6. The third-order valence-electron chi connectivity index (χ3n) is 4.70. The van der Waals surface area contributed by atoms with Crippen molar-refractivity contribution in [1.29, 1.82) is 0 Å². The van der Waals surface area contributed by atoms with Crippen molar-refractivity contribution in [2.45, 2.75) is 37.0 Å². The van der Waals surface area contributed by atoms with E-state index in [0.29, 0.717) is 0 Å². The molecule has 26 heavy (non-hydrogen) atoms. The summed E-state index contributed by atoms with van der Waals surface area (Å²) in [5.41, 5.74) is 1.67. The average Bonchev–Trinajstić information content (AvgIpc) is 2.85. The molecule has 2 aromatic carbocycles. The van der Waals surface area contributed by atoms with Crippen LogP contribution in [-0.2, 0) is 18.9 Å². The Kier molecular flexibility index (Phi) is 5.31. The second-order valence-corrected chi connectivity index (χ2v) is 6.44. The van der Waals surface area contributed by atoms with Crippen molar-refractivity contribution in [3.8, 4) is 0 Å². The van der Waals surface area contributed by atoms with Gasteiger partial charge in [0.15, 0.2) is 12.6 Å². The number of rotatable bonds is 3. The molecule has 0 spiro atoms. The molecule has 0 radical (unpaired) electrons. The smallest absolute Gasteiger partial charge is 0.184 e. The lowest BCUT2D eigenvalue weighted by molar-refractivity contribution is -0.289. The second-order valence-electron chi connectivity index (χ2n) is 6.44. The number of fused-ring (bicyclic) bond motifs is 1. The highest BCUT2D eigenvalue weighted by Gasteiger charge is 2.46. The van der Waals surface area contributed by atoms with Gasteiger partial charge >= 0.3 is 0 Å². The van der Waals surface area contributed by atoms with Gasteiger partial charge in [-0.1, -0.05) is 60.7 Å². The van der Waals surface area contributed by atoms with Crippen LogP contribution in [0.5, 0.6) is 0 Å². The minimum Gasteiger partial charge on any atom is -0.394 e. The van der Waals surface area contributed by atoms with Gasteiger partial charge in [-0.15, -0.1) is 0 Å². The monoisotopic (exact) mass is 358 g/mol. The van der Waals surface area contributed by atoms with Crippen molar-refractivity contribution in [2.24, 2.45) is 0 Å². The van der Waals surface area contributed by atoms with Crippen molar-refractivity contribution in [3.05, 3.63) is 71.8 Å². The number of aliphatic hydroxyl groups excluding tert-OH is 2. The number of hydrogen-bond acceptors (Lipinski definition) is 6. The Morgan fingerprint density at radius 3 is 2.04 bits per heavy atom. The maximum atomic E-state index is 10.7. The van der Waals surface area contributed by atoms with Gasteiger partial charge in [0.05, 0.1) is 13.2 Å². The maximum absolute atomic E-state index is 10.7. The molecule has 2 saturated heterocycles. The van der Waals surface area contributed by atoms with Crippen LogP contribution in [0.4, 0.5) is 0 Å². The molecule has 138 valence electrons. The predicted molar refractivity (Wildman–Crippen MR) is 92.0 cm³/mol. The van der Waals surface area contributed by atoms with E-state index >= 15 is 0 Å². The van der Waals surface area contributed by atoms with E-state index in [-0.39, 0.29) is 13.2 Å². The molecule has 2 N–H and O–H groups in total. The molecule has 6 atom stereocenters. The van der Waals surface area contributed by atoms with Crippen LogP contribution in [0.2, 0.25) is 0 Å². The van der Waals surface area contributed by atoms with E-state index in [1.165, 1.54) is 0 Å². The molecule has 2 heterocycles. The summed E-state index contributed by atoms with van der Waals surface area (Å²) >= 11 is 0. The van der Waals surface area contributed by atoms with Gasteiger partial charge in [0.25, 0.3) is 0 Å². The molecule has 0 saturated carbocycles. The van der Waals surface area contributed by atoms with E-state index in [2.05, 4.69) is 0 Å². The fourth-order valence-electron chi connectivity index (χ4n) is 3.31. The highest BCUT2D eigenvalue weighted by molar-refractivity contribution is 5.18. The molecule has 4 rings (SSSR count). The Morgan fingerprint density at radius 1 is 0.808 bits per heavy atom. The van der Waals surface area contributed by atoms with Crippen LogP contribution < -0.4 is 0 Å². The summed E-state index contributed by atoms with van der Waals surface area (Å²) in [4.78, 5) is 0. The zero-order chi connectivity index (χ0) is 17.9. The van der Waals surface area contributed by atoms with Crippen molar-refractivity contribution in [1.82, 2.24) is 0 Å². The van der Waals surface area contributed by atoms with Gasteiger partial charge in [-0.25, -0.2) is 0 Å². The topological polar surface area (TPSA) is 77.4 Å². The predicted octanol–water partition coefficient (Wildman–Crippen LogP) is 1.94. The van der Waals surface area contributed by atoms with Gasteiger partial charge in [-0.3, -0.25) is 0 Å². The van der Waals surface area contributed by atoms with Crippen molar-refractivity contribution in [2.75, 3.05) is 13.2 Å². The molecular weight excluding hydrogens is 336 g/mol. The number of ether oxygens (including phenoxy) is 4. The first kappa shape index (κ1) is 17.6. The molecule has 0 aliphatic carbocycles. The Labute approximate surface area is 151 Å². The first-order chi connectivity index (χ1) is 12.8. The minimum absolute atomic E-state index is 0.256. The van der Waals surface area contributed by atoms with E-state index in [4.69, 9.17) is 18.9 Å². The van der Waals surface area contributed by atoms with Crippen LogP contribution in [0, 0.1) is 0 Å². The second kappa shape index (κ2) is 7.84. The van der Waals surface area contributed by atoms with Gasteiger partial charge in [-0.2, -0.15) is 0 Å². The normalized spacial score (nSPS) is 34.7. The highest BCUT2D eigenvalue weighted by Crippen LogP contribution is 2.36. The van der Waals surface area contributed by atoms with Crippen molar-refractivity contribution in [3.63, 3.8) is 0 Å². The number of benzene rings is 2. The molecule has 2 aromatic rings. The lowest BCUT2D eigenvalue weighted by Crippen LogP contribution is -2.51. The van der Waals surface area contributed by atoms with Crippen molar-refractivity contribution >= 4 is 0 Å². The first-order valence-electron chi connectivity index (χ1n) is 8.73. The lowest BCUT2D eigenvalue weighted by Gasteiger charge is -2.37. The first-order valence-corrected chi connectivity index (χ1v) is 8.73. The Morgan fingerprint density at radius 2 is 1.42 bits per heavy atom. The highest BCUT2D eigenvalue weighted by atomic mass is 16.8. The number of aliphatic hydroxyl groups is 2. The largest absolute Gasteiger partial charge is 0.394 e. The third-order valence-corrected chi connectivity index (χ3v) is 4.70. The quantitative estimate of drug-likeness (QED) is 0.873. The maximum Gasteiger partial charge on any atom is 0.184 e. The summed E-state index contributed by atoms with van der Waals surface area (Å²) < 4.78 is 23.7. The Hall–Kier alpha value is -1.80. The van der Waals surface area contributed by atoms with Gasteiger partial charge in [-0.05, 0) is 0 Å². The van der Waals surface area contributed by atoms with E-state index in [9.17, 15) is 10.2 Å². The fourth-order valence-corrected chi connectivity index (χ4v) is 3.31. The average molecular weight is 358 g/mol. The van der Waals surface area contributed by atoms with Gasteiger partial charge < -0.3 is 29.2 Å². The molecule has 2 fully saturated rings. The summed E-state index contributed by atoms with van der Waals surface area (Å²) in [6, 6.07) is 19.0. The van der Waals surface area contributed by atoms with Crippen LogP contribution in [0.15, 0.2) is 60.7 Å². The SMILES string of the molecule is OC[C@H]1OC(c2ccccc2)O[C@H]2COC(c3ccccc3)O[C@H]2[C@@H]1O. The van der Waals surface area contributed by atoms with Crippen LogP contribution >= 0.6 is 0 Å². The van der Waals surface area contributed by atoms with Crippen LogP contribution in [0.3, 0.4) is 0 Å². The molecule has 6 heteroatoms. The molecule has 0 amide bonds. The molecule has 6 nitrogen and oxygen atoms in total. The standard InChI is InChI=1S/C20H22O6/c21-11-15-17(22)18-16(25-20(24-15)14-9-5-2-6-10-14)12-23-19(26-18)13-7-3-1-4-8-13/h1-10,15-22H,11-12H2/t15-,16+,17-,18-,19?,20?/m1/s1. The Balaban J connectivity index is 1.57. The molecule has 0 aromatic heterocycles. The Bertz CT molecular complexity index is 694. The van der Waals surface area contributed by atoms with Crippen molar-refractivity contribution < 1.29 is 29.2 Å². The summed E-state index contributed by atoms with van der Waals surface area (Å²) in [6.45, 7) is -0.0799. The molecule has 0 bridgehead atoms. The molecule has 2 aliphatic heterocycles. The number of hydrogen-bond donors (Lipinski definition) is 2. The van der Waals surface area contributed by atoms with Crippen LogP contribution in [0.25, 0.3) is 0 Å². The lowest BCUT2D eigenvalue weighted by atomic mass is 10.0. The summed E-state index contributed by atoms with van der Waals surface area (Å²) in [6.07, 6.45) is -4.33. The van der Waals surface area contributed by atoms with E-state index in [1.807, 2.05) is 60.7 Å². The molecule has 2 aliphatic rings. The zero-order valence-corrected chi connectivity index (χ0v) is 14.2. The van der Waals surface area contributed by atoms with Gasteiger partial charge in [0.1, 0.15) is 24.4 Å². The fraction of sp³-hybridized carbons (Fsp3) is 0.400. The third kappa shape index (κ3) is 3.53. The van der Waals surface area contributed by atoms with E-state index < -0.39 is 37.0 Å². The van der Waals surface area contributed by atoms with E-state index in [0.717, 1.165) is 11.1 Å². The summed E-state index contributed by atoms with van der Waals surface area (Å²) in [5.74, 6) is 0.